The summed E-state index contributed by atoms with van der Waals surface area (Å²) in [5.74, 6) is -0.271. The van der Waals surface area contributed by atoms with Crippen molar-refractivity contribution in [1.82, 2.24) is 9.71 Å². The van der Waals surface area contributed by atoms with Crippen molar-refractivity contribution in [1.29, 1.82) is 0 Å². The Morgan fingerprint density at radius 2 is 1.96 bits per heavy atom. The molecule has 0 aliphatic heterocycles. The van der Waals surface area contributed by atoms with Crippen LogP contribution in [0.2, 0.25) is 0 Å². The highest BCUT2D eigenvalue weighted by Crippen LogP contribution is 2.32. The Bertz CT molecular complexity index is 857. The Balaban J connectivity index is 2.07. The van der Waals surface area contributed by atoms with Crippen LogP contribution >= 0.6 is 11.3 Å². The van der Waals surface area contributed by atoms with Gasteiger partial charge < -0.3 is 5.32 Å². The van der Waals surface area contributed by atoms with Gasteiger partial charge >= 0.3 is 0 Å². The summed E-state index contributed by atoms with van der Waals surface area (Å²) in [6.45, 7) is 6.11. The summed E-state index contributed by atoms with van der Waals surface area (Å²) >= 11 is 1.41. The van der Waals surface area contributed by atoms with Gasteiger partial charge in [0.05, 0.1) is 11.9 Å². The van der Waals surface area contributed by atoms with Crippen LogP contribution in [0.25, 0.3) is 11.3 Å². The van der Waals surface area contributed by atoms with Gasteiger partial charge in [0, 0.05) is 23.4 Å². The van der Waals surface area contributed by atoms with Gasteiger partial charge in [0.15, 0.2) is 5.13 Å². The van der Waals surface area contributed by atoms with Gasteiger partial charge in [-0.2, -0.15) is 0 Å². The third kappa shape index (κ3) is 5.12. The van der Waals surface area contributed by atoms with Crippen molar-refractivity contribution >= 4 is 32.4 Å². The number of aryl methyl sites for hydroxylation is 3. The number of amides is 1. The number of carbonyl (C=O) groups is 1. The first-order valence-corrected chi connectivity index (χ1v) is 10.2. The maximum Gasteiger partial charge on any atom is 0.227 e. The van der Waals surface area contributed by atoms with E-state index in [-0.39, 0.29) is 18.9 Å². The predicted octanol–water partition coefficient (Wildman–Crippen LogP) is 2.61. The second kappa shape index (κ2) is 7.42. The number of rotatable bonds is 6. The number of hydrogen-bond acceptors (Lipinski definition) is 5. The van der Waals surface area contributed by atoms with Gasteiger partial charge in [-0.15, -0.1) is 11.3 Å². The lowest BCUT2D eigenvalue weighted by molar-refractivity contribution is -0.116. The topological polar surface area (TPSA) is 88.2 Å². The molecule has 0 aliphatic carbocycles. The second-order valence-corrected chi connectivity index (χ2v) is 8.74. The van der Waals surface area contributed by atoms with Crippen LogP contribution in [0.5, 0.6) is 0 Å². The zero-order valence-electron chi connectivity index (χ0n) is 14.1. The highest BCUT2D eigenvalue weighted by molar-refractivity contribution is 7.88. The van der Waals surface area contributed by atoms with Crippen molar-refractivity contribution in [2.75, 3.05) is 18.1 Å². The van der Waals surface area contributed by atoms with Crippen molar-refractivity contribution < 1.29 is 13.2 Å². The average molecular weight is 367 g/mol. The number of aromatic nitrogens is 1. The first-order chi connectivity index (χ1) is 11.2. The van der Waals surface area contributed by atoms with E-state index in [2.05, 4.69) is 21.1 Å². The predicted molar refractivity (Wildman–Crippen MR) is 97.9 cm³/mol. The average Bonchev–Trinajstić information content (AvgIpc) is 2.77. The van der Waals surface area contributed by atoms with Crippen LogP contribution in [0.15, 0.2) is 18.2 Å². The molecule has 0 unspecified atom stereocenters. The summed E-state index contributed by atoms with van der Waals surface area (Å²) in [7, 11) is -3.28. The molecule has 2 rings (SSSR count). The molecule has 2 aromatic rings. The smallest absolute Gasteiger partial charge is 0.227 e. The van der Waals surface area contributed by atoms with E-state index in [1.807, 2.05) is 32.9 Å². The van der Waals surface area contributed by atoms with Crippen LogP contribution in [-0.4, -0.2) is 32.1 Å². The molecule has 1 heterocycles. The molecule has 0 saturated heterocycles. The minimum absolute atomic E-state index is 0.0601. The summed E-state index contributed by atoms with van der Waals surface area (Å²) in [4.78, 5) is 17.4. The summed E-state index contributed by atoms with van der Waals surface area (Å²) in [6, 6.07) is 6.17. The molecule has 1 aromatic heterocycles. The van der Waals surface area contributed by atoms with Gasteiger partial charge in [0.2, 0.25) is 15.9 Å². The number of hydrogen-bond donors (Lipinski definition) is 2. The highest BCUT2D eigenvalue weighted by Gasteiger charge is 2.14. The molecule has 0 bridgehead atoms. The van der Waals surface area contributed by atoms with Crippen LogP contribution in [0.1, 0.15) is 22.4 Å². The largest absolute Gasteiger partial charge is 0.302 e. The highest BCUT2D eigenvalue weighted by atomic mass is 32.2. The normalized spacial score (nSPS) is 11.5. The first-order valence-electron chi connectivity index (χ1n) is 7.45. The first kappa shape index (κ1) is 18.6. The minimum Gasteiger partial charge on any atom is -0.302 e. The van der Waals surface area contributed by atoms with Crippen LogP contribution in [-0.2, 0) is 14.8 Å². The van der Waals surface area contributed by atoms with Crippen molar-refractivity contribution in [3.63, 3.8) is 0 Å². The van der Waals surface area contributed by atoms with Crippen LogP contribution < -0.4 is 10.0 Å². The molecule has 2 N–H and O–H groups in total. The van der Waals surface area contributed by atoms with Crippen molar-refractivity contribution in [2.24, 2.45) is 0 Å². The maximum atomic E-state index is 11.9. The summed E-state index contributed by atoms with van der Waals surface area (Å²) in [5.41, 5.74) is 4.24. The zero-order valence-corrected chi connectivity index (χ0v) is 15.8. The molecule has 0 saturated carbocycles. The van der Waals surface area contributed by atoms with Gasteiger partial charge in [0.25, 0.3) is 0 Å². The summed E-state index contributed by atoms with van der Waals surface area (Å²) in [5, 5.41) is 3.24. The van der Waals surface area contributed by atoms with Crippen LogP contribution in [0.4, 0.5) is 5.13 Å². The van der Waals surface area contributed by atoms with E-state index >= 15 is 0 Å². The molecule has 6 nitrogen and oxygen atoms in total. The van der Waals surface area contributed by atoms with E-state index in [0.717, 1.165) is 28.0 Å². The molecular formula is C16H21N3O3S2. The van der Waals surface area contributed by atoms with Gasteiger partial charge in [-0.25, -0.2) is 18.1 Å². The Morgan fingerprint density at radius 1 is 1.25 bits per heavy atom. The standard InChI is InChI=1S/C16H21N3O3S2/c1-10-5-6-13(11(2)9-10)15-12(3)23-16(19-15)18-14(20)7-8-17-24(4,21)22/h5-6,9,17H,7-8H2,1-4H3,(H,18,19,20). The number of benzene rings is 1. The molecule has 1 amide bonds. The lowest BCUT2D eigenvalue weighted by Crippen LogP contribution is -2.26. The maximum absolute atomic E-state index is 11.9. The Morgan fingerprint density at radius 3 is 2.58 bits per heavy atom. The van der Waals surface area contributed by atoms with E-state index in [1.165, 1.54) is 16.9 Å². The van der Waals surface area contributed by atoms with Gasteiger partial charge in [0.1, 0.15) is 0 Å². The molecule has 0 spiro atoms. The lowest BCUT2D eigenvalue weighted by Gasteiger charge is -2.05. The molecule has 0 radical (unpaired) electrons. The van der Waals surface area contributed by atoms with Crippen molar-refractivity contribution in [3.05, 3.63) is 34.2 Å². The Hall–Kier alpha value is -1.77. The fraction of sp³-hybridized carbons (Fsp3) is 0.375. The summed E-state index contributed by atoms with van der Waals surface area (Å²) < 4.78 is 24.2. The van der Waals surface area contributed by atoms with Gasteiger partial charge in [-0.1, -0.05) is 23.8 Å². The monoisotopic (exact) mass is 367 g/mol. The van der Waals surface area contributed by atoms with Gasteiger partial charge in [-0.3, -0.25) is 4.79 Å². The van der Waals surface area contributed by atoms with E-state index in [0.29, 0.717) is 5.13 Å². The Labute approximate surface area is 146 Å². The fourth-order valence-electron chi connectivity index (χ4n) is 2.31. The molecule has 24 heavy (non-hydrogen) atoms. The zero-order chi connectivity index (χ0) is 17.9. The van der Waals surface area contributed by atoms with Gasteiger partial charge in [-0.05, 0) is 26.3 Å². The molecule has 130 valence electrons. The van der Waals surface area contributed by atoms with E-state index in [1.54, 1.807) is 0 Å². The number of thiazole rings is 1. The van der Waals surface area contributed by atoms with Crippen molar-refractivity contribution in [3.8, 4) is 11.3 Å². The quantitative estimate of drug-likeness (QED) is 0.821. The van der Waals surface area contributed by atoms with E-state index in [4.69, 9.17) is 0 Å². The van der Waals surface area contributed by atoms with Crippen LogP contribution in [0, 0.1) is 20.8 Å². The van der Waals surface area contributed by atoms with Crippen LogP contribution in [0.3, 0.4) is 0 Å². The number of anilines is 1. The third-order valence-corrected chi connectivity index (χ3v) is 5.01. The molecular weight excluding hydrogens is 346 g/mol. The Kier molecular flexibility index (Phi) is 5.74. The molecule has 1 aromatic carbocycles. The number of nitrogens with zero attached hydrogens (tertiary/aromatic N) is 1. The fourth-order valence-corrected chi connectivity index (χ4v) is 3.63. The number of sulfonamides is 1. The third-order valence-electron chi connectivity index (χ3n) is 3.40. The molecule has 0 fully saturated rings. The molecule has 0 atom stereocenters. The minimum atomic E-state index is -3.28. The number of nitrogens with one attached hydrogen (secondary N) is 2. The summed E-state index contributed by atoms with van der Waals surface area (Å²) in [6.07, 6.45) is 1.12. The lowest BCUT2D eigenvalue weighted by atomic mass is 10.0. The number of carbonyl (C=O) groups excluding carboxylic acids is 1. The SMILES string of the molecule is Cc1ccc(-c2nc(NC(=O)CCNS(C)(=O)=O)sc2C)c(C)c1. The second-order valence-electron chi connectivity index (χ2n) is 5.71. The van der Waals surface area contributed by atoms with E-state index in [9.17, 15) is 13.2 Å². The van der Waals surface area contributed by atoms with E-state index < -0.39 is 10.0 Å². The van der Waals surface area contributed by atoms with Crippen molar-refractivity contribution in [2.45, 2.75) is 27.2 Å². The molecule has 8 heteroatoms. The molecule has 0 aliphatic rings.